The van der Waals surface area contributed by atoms with Gasteiger partial charge in [0, 0.05) is 0 Å². The van der Waals surface area contributed by atoms with Gasteiger partial charge in [-0.25, -0.2) is 8.42 Å². The van der Waals surface area contributed by atoms with Gasteiger partial charge >= 0.3 is 51.4 Å². The third kappa shape index (κ3) is 6.68. The number of hydrogen-bond acceptors (Lipinski definition) is 9. The van der Waals surface area contributed by atoms with Crippen LogP contribution in [0.3, 0.4) is 0 Å². The van der Waals surface area contributed by atoms with Crippen molar-refractivity contribution in [2.75, 3.05) is 6.61 Å². The Morgan fingerprint density at radius 2 is 1.71 bits per heavy atom. The second-order valence-corrected chi connectivity index (χ2v) is 6.06. The van der Waals surface area contributed by atoms with E-state index in [4.69, 9.17) is 9.47 Å². The summed E-state index contributed by atoms with van der Waals surface area (Å²) in [6, 6.07) is 8.92. The SMILES string of the molecule is O=S(=O)([O-])OC[C@H]1O[C@@H](OCc2ccccc2)[C@H](O)[C@@H](O)[C@@H]1O.[K+]. The van der Waals surface area contributed by atoms with Crippen molar-refractivity contribution in [3.05, 3.63) is 35.9 Å². The summed E-state index contributed by atoms with van der Waals surface area (Å²) in [6.07, 6.45) is -7.50. The second kappa shape index (κ2) is 10.0. The summed E-state index contributed by atoms with van der Waals surface area (Å²) >= 11 is 0. The standard InChI is InChI=1S/C13H18O9S.K/c14-10-9(7-21-23(17,18)19)22-13(12(16)11(10)15)20-6-8-4-2-1-3-5-8;/h1-5,9-16H,6-7H2,(H,17,18,19);/q;+1/p-1/t9-,10-,11+,12-,13-;/m1./s1. The molecule has 1 fully saturated rings. The zero-order valence-electron chi connectivity index (χ0n) is 12.9. The third-order valence-electron chi connectivity index (χ3n) is 3.30. The van der Waals surface area contributed by atoms with Gasteiger partial charge in [0.05, 0.1) is 13.2 Å². The molecule has 5 atom stereocenters. The molecule has 0 amide bonds. The van der Waals surface area contributed by atoms with E-state index in [1.807, 2.05) is 6.07 Å². The molecule has 2 rings (SSSR count). The van der Waals surface area contributed by atoms with E-state index in [0.717, 1.165) is 5.56 Å². The average molecular weight is 388 g/mol. The molecule has 0 saturated carbocycles. The Morgan fingerprint density at radius 3 is 2.29 bits per heavy atom. The number of benzene rings is 1. The molecule has 0 spiro atoms. The minimum Gasteiger partial charge on any atom is -0.726 e. The summed E-state index contributed by atoms with van der Waals surface area (Å²) in [4.78, 5) is 0. The molecule has 0 bridgehead atoms. The van der Waals surface area contributed by atoms with Gasteiger partial charge < -0.3 is 29.3 Å². The van der Waals surface area contributed by atoms with Crippen LogP contribution in [0.2, 0.25) is 0 Å². The largest absolute Gasteiger partial charge is 1.00 e. The Bertz CT molecular complexity index is 597. The molecular formula is C13H17KO9S. The molecule has 130 valence electrons. The molecule has 11 heteroatoms. The number of aliphatic hydroxyl groups is 3. The molecule has 0 unspecified atom stereocenters. The maximum absolute atomic E-state index is 10.5. The van der Waals surface area contributed by atoms with Gasteiger partial charge in [-0.2, -0.15) is 0 Å². The molecule has 3 N–H and O–H groups in total. The van der Waals surface area contributed by atoms with Crippen molar-refractivity contribution < 1.29 is 93.3 Å². The van der Waals surface area contributed by atoms with Gasteiger partial charge in [0.2, 0.25) is 10.4 Å². The Balaban J connectivity index is 0.00000288. The molecular weight excluding hydrogens is 371 g/mol. The summed E-state index contributed by atoms with van der Waals surface area (Å²) in [7, 11) is -4.98. The normalized spacial score (nSPS) is 30.6. The van der Waals surface area contributed by atoms with E-state index >= 15 is 0 Å². The topological polar surface area (TPSA) is 146 Å². The van der Waals surface area contributed by atoms with Crippen molar-refractivity contribution in [3.63, 3.8) is 0 Å². The molecule has 9 nitrogen and oxygen atoms in total. The van der Waals surface area contributed by atoms with E-state index < -0.39 is 47.7 Å². The second-order valence-electron chi connectivity index (χ2n) is 5.00. The minimum atomic E-state index is -4.98. The van der Waals surface area contributed by atoms with Crippen LogP contribution in [0.25, 0.3) is 0 Å². The van der Waals surface area contributed by atoms with Crippen molar-refractivity contribution >= 4 is 10.4 Å². The monoisotopic (exact) mass is 388 g/mol. The summed E-state index contributed by atoms with van der Waals surface area (Å²) < 4.78 is 45.9. The van der Waals surface area contributed by atoms with E-state index in [2.05, 4.69) is 4.18 Å². The first-order valence-corrected chi connectivity index (χ1v) is 8.06. The summed E-state index contributed by atoms with van der Waals surface area (Å²) in [5, 5.41) is 29.4. The van der Waals surface area contributed by atoms with E-state index in [1.54, 1.807) is 24.3 Å². The van der Waals surface area contributed by atoms with Gasteiger partial charge in [0.15, 0.2) is 6.29 Å². The van der Waals surface area contributed by atoms with Gasteiger partial charge in [-0.15, -0.1) is 0 Å². The van der Waals surface area contributed by atoms with Crippen molar-refractivity contribution in [1.29, 1.82) is 0 Å². The number of ether oxygens (including phenoxy) is 2. The van der Waals surface area contributed by atoms with E-state index in [0.29, 0.717) is 0 Å². The summed E-state index contributed by atoms with van der Waals surface area (Å²) in [5.41, 5.74) is 0.777. The molecule has 1 aromatic rings. The molecule has 0 radical (unpaired) electrons. The zero-order chi connectivity index (χ0) is 17.0. The maximum atomic E-state index is 10.5. The van der Waals surface area contributed by atoms with Crippen LogP contribution < -0.4 is 51.4 Å². The molecule has 1 saturated heterocycles. The number of hydrogen-bond donors (Lipinski definition) is 3. The Labute approximate surface area is 181 Å². The first kappa shape index (κ1) is 22.6. The Morgan fingerprint density at radius 1 is 1.08 bits per heavy atom. The van der Waals surface area contributed by atoms with Crippen LogP contribution in [0, 0.1) is 0 Å². The summed E-state index contributed by atoms with van der Waals surface area (Å²) in [6.45, 7) is -0.749. The Kier molecular flexibility index (Phi) is 9.42. The molecule has 1 aromatic carbocycles. The van der Waals surface area contributed by atoms with E-state index in [-0.39, 0.29) is 58.0 Å². The van der Waals surface area contributed by atoms with Crippen LogP contribution in [0.15, 0.2) is 30.3 Å². The van der Waals surface area contributed by atoms with Gasteiger partial charge in [-0.3, -0.25) is 4.18 Å². The molecule has 1 heterocycles. The van der Waals surface area contributed by atoms with Crippen LogP contribution in [0.1, 0.15) is 5.56 Å². The Hall–Kier alpha value is 0.526. The maximum Gasteiger partial charge on any atom is 1.00 e. The number of rotatable bonds is 6. The minimum absolute atomic E-state index is 0. The molecule has 0 aromatic heterocycles. The smallest absolute Gasteiger partial charge is 0.726 e. The van der Waals surface area contributed by atoms with Crippen LogP contribution in [0.4, 0.5) is 0 Å². The van der Waals surface area contributed by atoms with Crippen molar-refractivity contribution in [3.8, 4) is 0 Å². The van der Waals surface area contributed by atoms with Crippen LogP contribution in [-0.2, 0) is 30.7 Å². The third-order valence-corrected chi connectivity index (χ3v) is 3.73. The quantitative estimate of drug-likeness (QED) is 0.249. The van der Waals surface area contributed by atoms with Crippen LogP contribution in [-0.4, -0.2) is 65.6 Å². The first-order chi connectivity index (χ1) is 10.8. The van der Waals surface area contributed by atoms with Crippen LogP contribution in [0.5, 0.6) is 0 Å². The van der Waals surface area contributed by atoms with Crippen molar-refractivity contribution in [2.24, 2.45) is 0 Å². The fraction of sp³-hybridized carbons (Fsp3) is 0.538. The fourth-order valence-electron chi connectivity index (χ4n) is 2.09. The van der Waals surface area contributed by atoms with Gasteiger partial charge in [-0.1, -0.05) is 30.3 Å². The van der Waals surface area contributed by atoms with E-state index in [9.17, 15) is 28.3 Å². The molecule has 0 aliphatic carbocycles. The average Bonchev–Trinajstić information content (AvgIpc) is 2.51. The zero-order valence-corrected chi connectivity index (χ0v) is 16.8. The fourth-order valence-corrected chi connectivity index (χ4v) is 2.40. The summed E-state index contributed by atoms with van der Waals surface area (Å²) in [5.74, 6) is 0. The van der Waals surface area contributed by atoms with Gasteiger partial charge in [-0.05, 0) is 5.56 Å². The molecule has 1 aliphatic heterocycles. The van der Waals surface area contributed by atoms with Crippen molar-refractivity contribution in [1.82, 2.24) is 0 Å². The van der Waals surface area contributed by atoms with Crippen LogP contribution >= 0.6 is 0 Å². The molecule has 1 aliphatic rings. The van der Waals surface area contributed by atoms with E-state index in [1.165, 1.54) is 0 Å². The van der Waals surface area contributed by atoms with Gasteiger partial charge in [0.25, 0.3) is 0 Å². The molecule has 24 heavy (non-hydrogen) atoms. The van der Waals surface area contributed by atoms with Gasteiger partial charge in [0.1, 0.15) is 24.4 Å². The first-order valence-electron chi connectivity index (χ1n) is 6.73. The predicted molar refractivity (Wildman–Crippen MR) is 73.6 cm³/mol. The van der Waals surface area contributed by atoms with Crippen molar-refractivity contribution in [2.45, 2.75) is 37.3 Å². The number of aliphatic hydroxyl groups excluding tert-OH is 3. The predicted octanol–water partition coefficient (Wildman–Crippen LogP) is -4.51.